The molecular weight excluding hydrogens is 337 g/mol. The summed E-state index contributed by atoms with van der Waals surface area (Å²) in [6, 6.07) is 3.56. The van der Waals surface area contributed by atoms with Crippen LogP contribution in [0.15, 0.2) is 21.1 Å². The Labute approximate surface area is 101 Å². The molecule has 1 aromatic carbocycles. The molecule has 74 valence electrons. The van der Waals surface area contributed by atoms with Crippen molar-refractivity contribution in [3.8, 4) is 0 Å². The van der Waals surface area contributed by atoms with Crippen molar-refractivity contribution >= 4 is 49.8 Å². The van der Waals surface area contributed by atoms with Crippen LogP contribution in [0.25, 0.3) is 6.20 Å². The minimum Gasteiger partial charge on any atom is -0.594 e. The lowest BCUT2D eigenvalue weighted by atomic mass is 10.3. The average molecular weight is 341 g/mol. The van der Waals surface area contributed by atoms with E-state index >= 15 is 0 Å². The molecule has 1 aromatic rings. The second-order valence-corrected chi connectivity index (χ2v) is 4.79. The van der Waals surface area contributed by atoms with Crippen LogP contribution in [0, 0.1) is 5.21 Å². The first kappa shape index (κ1) is 10.1. The standard InChI is InChI=1S/C7H4Br2ClN3O/c8-4-1-6(9)5-3-12(10)11-13(14)7(5)2-4/h1-3,11H. The molecule has 1 N–H and O–H groups in total. The van der Waals surface area contributed by atoms with Crippen molar-refractivity contribution < 1.29 is 0 Å². The van der Waals surface area contributed by atoms with E-state index in [1.165, 1.54) is 0 Å². The summed E-state index contributed by atoms with van der Waals surface area (Å²) in [6.07, 6.45) is 1.61. The summed E-state index contributed by atoms with van der Waals surface area (Å²) in [6.45, 7) is 0. The zero-order valence-electron chi connectivity index (χ0n) is 6.67. The van der Waals surface area contributed by atoms with Crippen LogP contribution >= 0.6 is 43.6 Å². The van der Waals surface area contributed by atoms with Crippen molar-refractivity contribution in [1.82, 2.24) is 14.9 Å². The van der Waals surface area contributed by atoms with Crippen LogP contribution in [0.4, 0.5) is 0 Å². The Morgan fingerprint density at radius 3 is 2.86 bits per heavy atom. The van der Waals surface area contributed by atoms with Crippen molar-refractivity contribution in [3.05, 3.63) is 36.9 Å². The number of nitrogens with one attached hydrogen (secondary N) is 1. The molecule has 4 nitrogen and oxygen atoms in total. The van der Waals surface area contributed by atoms with Crippen molar-refractivity contribution in [2.24, 2.45) is 0 Å². The molecule has 1 aliphatic rings. The lowest BCUT2D eigenvalue weighted by Gasteiger charge is -2.15. The fourth-order valence-corrected chi connectivity index (χ4v) is 2.62. The SMILES string of the molecule is [O-][N+]1=c2cc(Br)cc(Br)c2=CN(Cl)N1. The third-order valence-corrected chi connectivity index (χ3v) is 3.01. The molecule has 0 aromatic heterocycles. The van der Waals surface area contributed by atoms with Gasteiger partial charge in [0.15, 0.2) is 0 Å². The molecule has 0 saturated heterocycles. The highest BCUT2D eigenvalue weighted by atomic mass is 79.9. The molecule has 0 aliphatic carbocycles. The third-order valence-electron chi connectivity index (χ3n) is 1.72. The van der Waals surface area contributed by atoms with E-state index in [9.17, 15) is 5.21 Å². The monoisotopic (exact) mass is 339 g/mol. The third kappa shape index (κ3) is 1.69. The largest absolute Gasteiger partial charge is 0.594 e. The zero-order valence-corrected chi connectivity index (χ0v) is 10.6. The van der Waals surface area contributed by atoms with Gasteiger partial charge in [-0.3, -0.25) is 0 Å². The Hall–Kier alpha value is -0.460. The first-order valence-corrected chi connectivity index (χ1v) is 5.53. The minimum atomic E-state index is 0.503. The number of nitrogens with zero attached hydrogens (tertiary/aromatic N) is 2. The smallest absolute Gasteiger partial charge is 0.255 e. The zero-order chi connectivity index (χ0) is 10.3. The fourth-order valence-electron chi connectivity index (χ4n) is 1.15. The van der Waals surface area contributed by atoms with E-state index in [-0.39, 0.29) is 0 Å². The van der Waals surface area contributed by atoms with Gasteiger partial charge >= 0.3 is 0 Å². The van der Waals surface area contributed by atoms with Gasteiger partial charge in [-0.05, 0) is 22.0 Å². The summed E-state index contributed by atoms with van der Waals surface area (Å²) < 4.78 is 2.70. The second-order valence-electron chi connectivity index (χ2n) is 2.66. The van der Waals surface area contributed by atoms with Crippen molar-refractivity contribution in [2.75, 3.05) is 0 Å². The highest BCUT2D eigenvalue weighted by Crippen LogP contribution is 2.11. The van der Waals surface area contributed by atoms with Crippen molar-refractivity contribution in [1.29, 1.82) is 0 Å². The maximum atomic E-state index is 11.4. The van der Waals surface area contributed by atoms with Gasteiger partial charge in [-0.1, -0.05) is 26.3 Å². The number of benzene rings is 1. The van der Waals surface area contributed by atoms with E-state index in [2.05, 4.69) is 37.4 Å². The molecule has 14 heavy (non-hydrogen) atoms. The molecule has 0 radical (unpaired) electrons. The Morgan fingerprint density at radius 2 is 2.14 bits per heavy atom. The first-order valence-electron chi connectivity index (χ1n) is 3.60. The summed E-state index contributed by atoms with van der Waals surface area (Å²) in [4.78, 5) is 0.595. The van der Waals surface area contributed by atoms with Gasteiger partial charge in [0.2, 0.25) is 0 Å². The Bertz CT molecular complexity index is 504. The molecule has 0 saturated carbocycles. The van der Waals surface area contributed by atoms with E-state index in [1.54, 1.807) is 12.3 Å². The lowest BCUT2D eigenvalue weighted by molar-refractivity contribution is 0.357. The molecule has 2 rings (SSSR count). The Balaban J connectivity index is 2.89. The number of hydrogen-bond acceptors (Lipinski definition) is 3. The van der Waals surface area contributed by atoms with Crippen molar-refractivity contribution in [3.63, 3.8) is 0 Å². The molecular formula is C7H4Br2ClN3O. The summed E-state index contributed by atoms with van der Waals surface area (Å²) in [5.41, 5.74) is 2.37. The quantitative estimate of drug-likeness (QED) is 0.432. The maximum Gasteiger partial charge on any atom is 0.255 e. The molecule has 0 bridgehead atoms. The predicted octanol–water partition coefficient (Wildman–Crippen LogP) is 0.827. The minimum absolute atomic E-state index is 0.503. The van der Waals surface area contributed by atoms with Crippen LogP contribution in [-0.4, -0.2) is 4.53 Å². The number of halogens is 3. The molecule has 7 heteroatoms. The van der Waals surface area contributed by atoms with Gasteiger partial charge in [0, 0.05) is 26.8 Å². The maximum absolute atomic E-state index is 11.4. The lowest BCUT2D eigenvalue weighted by Crippen LogP contribution is -2.53. The highest BCUT2D eigenvalue weighted by Gasteiger charge is 2.12. The number of fused-ring (bicyclic) bond motifs is 1. The molecule has 0 unspecified atom stereocenters. The van der Waals surface area contributed by atoms with Crippen LogP contribution in [0.1, 0.15) is 0 Å². The van der Waals surface area contributed by atoms with Crippen molar-refractivity contribution in [2.45, 2.75) is 0 Å². The summed E-state index contributed by atoms with van der Waals surface area (Å²) in [5, 5.41) is 12.7. The highest BCUT2D eigenvalue weighted by molar-refractivity contribution is 9.11. The van der Waals surface area contributed by atoms with Gasteiger partial charge in [0.05, 0.1) is 11.4 Å². The molecule has 0 fully saturated rings. The molecule has 0 amide bonds. The average Bonchev–Trinajstić information content (AvgIpc) is 2.07. The van der Waals surface area contributed by atoms with Gasteiger partial charge in [-0.15, -0.1) is 0 Å². The second kappa shape index (κ2) is 3.60. The number of rotatable bonds is 0. The van der Waals surface area contributed by atoms with Crippen LogP contribution in [0.5, 0.6) is 0 Å². The van der Waals surface area contributed by atoms with Gasteiger partial charge in [-0.25, -0.2) is 0 Å². The summed E-state index contributed by atoms with van der Waals surface area (Å²) in [5.74, 6) is 0. The topological polar surface area (TPSA) is 41.3 Å². The molecule has 1 aliphatic heterocycles. The first-order chi connectivity index (χ1) is 6.58. The van der Waals surface area contributed by atoms with Gasteiger partial charge in [-0.2, -0.15) is 4.53 Å². The van der Waals surface area contributed by atoms with Crippen LogP contribution in [-0.2, 0) is 0 Å². The predicted molar refractivity (Wildman–Crippen MR) is 61.0 cm³/mol. The Kier molecular flexibility index (Phi) is 2.59. The molecule has 0 spiro atoms. The van der Waals surface area contributed by atoms with Gasteiger partial charge < -0.3 is 5.21 Å². The number of hydrazine groups is 2. The van der Waals surface area contributed by atoms with Crippen LogP contribution in [0.2, 0.25) is 0 Å². The van der Waals surface area contributed by atoms with Gasteiger partial charge in [0.1, 0.15) is 0 Å². The van der Waals surface area contributed by atoms with Crippen LogP contribution in [0.3, 0.4) is 0 Å². The van der Waals surface area contributed by atoms with Crippen LogP contribution < -0.4 is 21.0 Å². The normalized spacial score (nSPS) is 14.5. The van der Waals surface area contributed by atoms with E-state index < -0.39 is 0 Å². The van der Waals surface area contributed by atoms with E-state index in [4.69, 9.17) is 11.8 Å². The van der Waals surface area contributed by atoms with Gasteiger partial charge in [0.25, 0.3) is 5.36 Å². The van der Waals surface area contributed by atoms with E-state index in [0.717, 1.165) is 18.7 Å². The Morgan fingerprint density at radius 1 is 1.43 bits per heavy atom. The van der Waals surface area contributed by atoms with E-state index in [1.807, 2.05) is 6.07 Å². The molecule has 0 atom stereocenters. The van der Waals surface area contributed by atoms with E-state index in [0.29, 0.717) is 10.2 Å². The fraction of sp³-hybridized carbons (Fsp3) is 0. The summed E-state index contributed by atoms with van der Waals surface area (Å²) >= 11 is 12.3. The molecule has 1 heterocycles. The number of hydrogen-bond donors (Lipinski definition) is 1. The summed E-state index contributed by atoms with van der Waals surface area (Å²) in [7, 11) is 0.